The van der Waals surface area contributed by atoms with Gasteiger partial charge in [-0.05, 0) is 66.7 Å². The smallest absolute Gasteiger partial charge is 0.338 e. The molecule has 1 aromatic heterocycles. The van der Waals surface area contributed by atoms with Gasteiger partial charge >= 0.3 is 5.97 Å². The number of carbonyl (C=O) groups is 1. The molecular weight excluding hydrogens is 388 g/mol. The van der Waals surface area contributed by atoms with Gasteiger partial charge in [0.05, 0.1) is 22.7 Å². The Morgan fingerprint density at radius 1 is 1.11 bits per heavy atom. The van der Waals surface area contributed by atoms with Crippen molar-refractivity contribution in [1.29, 1.82) is 0 Å². The van der Waals surface area contributed by atoms with Crippen LogP contribution in [0.1, 0.15) is 39.0 Å². The Kier molecular flexibility index (Phi) is 6.65. The average Bonchev–Trinajstić information content (AvgIpc) is 3.07. The first kappa shape index (κ1) is 20.3. The molecule has 0 atom stereocenters. The predicted octanol–water partition coefficient (Wildman–Crippen LogP) is 5.15. The Hall–Kier alpha value is -2.44. The second-order valence-electron chi connectivity index (χ2n) is 6.62. The van der Waals surface area contributed by atoms with Crippen LogP contribution in [0.2, 0.25) is 0 Å². The number of hydrogen-bond acceptors (Lipinski definition) is 6. The molecule has 0 spiro atoms. The van der Waals surface area contributed by atoms with E-state index in [2.05, 4.69) is 33.9 Å². The predicted molar refractivity (Wildman–Crippen MR) is 117 cm³/mol. The number of benzene rings is 2. The summed E-state index contributed by atoms with van der Waals surface area (Å²) in [5.41, 5.74) is 5.92. The first-order valence-electron chi connectivity index (χ1n) is 9.14. The fraction of sp³-hybridized carbons (Fsp3) is 0.273. The Morgan fingerprint density at radius 2 is 1.86 bits per heavy atom. The molecule has 0 fully saturated rings. The lowest BCUT2D eigenvalue weighted by molar-refractivity contribution is 0.0526. The van der Waals surface area contributed by atoms with Crippen LogP contribution in [0.15, 0.2) is 42.5 Å². The number of nitrogens with zero attached hydrogens (tertiary/aromatic N) is 2. The summed E-state index contributed by atoms with van der Waals surface area (Å²) in [7, 11) is 0. The van der Waals surface area contributed by atoms with E-state index in [9.17, 15) is 4.79 Å². The standard InChI is InChI=1S/C22H22N2O2S2/c1-4-26-22(25)18-8-5-14(2)20(12-18)17-9-6-16(7-10-17)11-19(27)13-21-15(3)23-24-28-21/h5-10,12H,4,11,13H2,1-3H3. The van der Waals surface area contributed by atoms with Crippen molar-refractivity contribution in [3.63, 3.8) is 0 Å². The van der Waals surface area contributed by atoms with Gasteiger partial charge in [0, 0.05) is 17.7 Å². The number of rotatable bonds is 7. The van der Waals surface area contributed by atoms with Crippen molar-refractivity contribution in [2.24, 2.45) is 0 Å². The third kappa shape index (κ3) is 4.88. The number of esters is 1. The van der Waals surface area contributed by atoms with E-state index in [-0.39, 0.29) is 5.97 Å². The summed E-state index contributed by atoms with van der Waals surface area (Å²) in [6.45, 7) is 6.18. The van der Waals surface area contributed by atoms with Crippen LogP contribution >= 0.6 is 23.8 Å². The Bertz CT molecular complexity index is 994. The zero-order valence-corrected chi connectivity index (χ0v) is 17.8. The minimum Gasteiger partial charge on any atom is -0.462 e. The van der Waals surface area contributed by atoms with Crippen LogP contribution in [0, 0.1) is 13.8 Å². The highest BCUT2D eigenvalue weighted by Crippen LogP contribution is 2.26. The van der Waals surface area contributed by atoms with Crippen LogP contribution in [0.25, 0.3) is 11.1 Å². The molecule has 0 aliphatic heterocycles. The van der Waals surface area contributed by atoms with Gasteiger partial charge in [-0.15, -0.1) is 5.10 Å². The summed E-state index contributed by atoms with van der Waals surface area (Å²) in [5.74, 6) is -0.293. The highest BCUT2D eigenvalue weighted by molar-refractivity contribution is 7.80. The van der Waals surface area contributed by atoms with Crippen molar-refractivity contribution in [3.8, 4) is 11.1 Å². The van der Waals surface area contributed by atoms with Gasteiger partial charge in [0.2, 0.25) is 0 Å². The van der Waals surface area contributed by atoms with Crippen LogP contribution in [0.3, 0.4) is 0 Å². The highest BCUT2D eigenvalue weighted by Gasteiger charge is 2.11. The highest BCUT2D eigenvalue weighted by atomic mass is 32.1. The number of aryl methyl sites for hydroxylation is 2. The molecule has 0 aliphatic carbocycles. The second kappa shape index (κ2) is 9.17. The summed E-state index contributed by atoms with van der Waals surface area (Å²) in [6, 6.07) is 14.0. The monoisotopic (exact) mass is 410 g/mol. The van der Waals surface area contributed by atoms with Gasteiger partial charge < -0.3 is 4.74 Å². The van der Waals surface area contributed by atoms with Gasteiger partial charge in [0.1, 0.15) is 0 Å². The number of carbonyl (C=O) groups excluding carboxylic acids is 1. The number of hydrogen-bond donors (Lipinski definition) is 0. The molecule has 3 aromatic rings. The molecule has 0 aliphatic rings. The van der Waals surface area contributed by atoms with Crippen LogP contribution in [-0.2, 0) is 17.6 Å². The molecule has 6 heteroatoms. The minimum absolute atomic E-state index is 0.293. The van der Waals surface area contributed by atoms with Crippen LogP contribution in [-0.4, -0.2) is 27.0 Å². The summed E-state index contributed by atoms with van der Waals surface area (Å²) >= 11 is 6.97. The normalized spacial score (nSPS) is 10.7. The van der Waals surface area contributed by atoms with Gasteiger partial charge in [-0.2, -0.15) is 0 Å². The lowest BCUT2D eigenvalue weighted by atomic mass is 9.96. The molecule has 0 bridgehead atoms. The fourth-order valence-electron chi connectivity index (χ4n) is 2.96. The van der Waals surface area contributed by atoms with E-state index in [1.165, 1.54) is 17.1 Å². The van der Waals surface area contributed by atoms with Gasteiger partial charge in [-0.25, -0.2) is 4.79 Å². The van der Waals surface area contributed by atoms with Crippen molar-refractivity contribution in [3.05, 3.63) is 69.7 Å². The maximum Gasteiger partial charge on any atom is 0.338 e. The van der Waals surface area contributed by atoms with E-state index in [1.807, 2.05) is 32.9 Å². The zero-order chi connectivity index (χ0) is 20.1. The quantitative estimate of drug-likeness (QED) is 0.398. The summed E-state index contributed by atoms with van der Waals surface area (Å²) < 4.78 is 9.08. The number of aromatic nitrogens is 2. The Morgan fingerprint density at radius 3 is 2.50 bits per heavy atom. The van der Waals surface area contributed by atoms with E-state index < -0.39 is 0 Å². The van der Waals surface area contributed by atoms with Crippen molar-refractivity contribution in [2.75, 3.05) is 6.61 Å². The molecule has 0 unspecified atom stereocenters. The first-order valence-corrected chi connectivity index (χ1v) is 10.3. The van der Waals surface area contributed by atoms with Crippen molar-refractivity contribution in [2.45, 2.75) is 33.6 Å². The summed E-state index contributed by atoms with van der Waals surface area (Å²) in [6.07, 6.45) is 1.48. The van der Waals surface area contributed by atoms with Gasteiger partial charge in [0.15, 0.2) is 0 Å². The fourth-order valence-corrected chi connectivity index (χ4v) is 4.03. The first-order chi connectivity index (χ1) is 13.5. The van der Waals surface area contributed by atoms with Crippen molar-refractivity contribution in [1.82, 2.24) is 9.59 Å². The molecule has 144 valence electrons. The number of ether oxygens (including phenoxy) is 1. The molecule has 0 saturated carbocycles. The molecule has 0 radical (unpaired) electrons. The summed E-state index contributed by atoms with van der Waals surface area (Å²) in [5, 5.41) is 4.04. The zero-order valence-electron chi connectivity index (χ0n) is 16.2. The van der Waals surface area contributed by atoms with Crippen LogP contribution in [0.4, 0.5) is 0 Å². The molecule has 0 saturated heterocycles. The van der Waals surface area contributed by atoms with E-state index in [0.717, 1.165) is 45.0 Å². The maximum absolute atomic E-state index is 12.0. The molecule has 28 heavy (non-hydrogen) atoms. The molecule has 3 rings (SSSR count). The molecular formula is C22H22N2O2S2. The number of thiocarbonyl (C=S) groups is 1. The Labute approximate surface area is 174 Å². The SMILES string of the molecule is CCOC(=O)c1ccc(C)c(-c2ccc(CC(=S)Cc3snnc3C)cc2)c1. The van der Waals surface area contributed by atoms with Gasteiger partial charge in [0.25, 0.3) is 0 Å². The lowest BCUT2D eigenvalue weighted by Gasteiger charge is -2.10. The van der Waals surface area contributed by atoms with E-state index >= 15 is 0 Å². The van der Waals surface area contributed by atoms with Gasteiger partial charge in [-0.1, -0.05) is 47.0 Å². The Balaban J connectivity index is 1.73. The van der Waals surface area contributed by atoms with E-state index in [4.69, 9.17) is 17.0 Å². The average molecular weight is 411 g/mol. The second-order valence-corrected chi connectivity index (χ2v) is 8.04. The lowest BCUT2D eigenvalue weighted by Crippen LogP contribution is -2.05. The molecule has 4 nitrogen and oxygen atoms in total. The molecule has 0 amide bonds. The topological polar surface area (TPSA) is 52.1 Å². The van der Waals surface area contributed by atoms with Crippen molar-refractivity contribution >= 4 is 34.6 Å². The van der Waals surface area contributed by atoms with Crippen LogP contribution in [0.5, 0.6) is 0 Å². The van der Waals surface area contributed by atoms with Crippen molar-refractivity contribution < 1.29 is 9.53 Å². The summed E-state index contributed by atoms with van der Waals surface area (Å²) in [4.78, 5) is 14.1. The third-order valence-electron chi connectivity index (χ3n) is 4.52. The maximum atomic E-state index is 12.0. The van der Waals surface area contributed by atoms with Gasteiger partial charge in [-0.3, -0.25) is 0 Å². The minimum atomic E-state index is -0.293. The molecule has 1 heterocycles. The largest absolute Gasteiger partial charge is 0.462 e. The van der Waals surface area contributed by atoms with E-state index in [1.54, 1.807) is 6.07 Å². The third-order valence-corrected chi connectivity index (χ3v) is 5.63. The van der Waals surface area contributed by atoms with Crippen LogP contribution < -0.4 is 0 Å². The molecule has 2 aromatic carbocycles. The molecule has 0 N–H and O–H groups in total. The van der Waals surface area contributed by atoms with E-state index in [0.29, 0.717) is 12.2 Å².